The molecule has 18 heavy (non-hydrogen) atoms. The highest BCUT2D eigenvalue weighted by Gasteiger charge is 2.03. The monoisotopic (exact) mass is 234 g/mol. The molecule has 1 aromatic carbocycles. The van der Waals surface area contributed by atoms with E-state index in [0.717, 1.165) is 22.2 Å². The molecular weight excluding hydrogens is 220 g/mol. The molecule has 0 saturated carbocycles. The summed E-state index contributed by atoms with van der Waals surface area (Å²) in [6.45, 7) is 4.24. The molecule has 0 aliphatic carbocycles. The first-order valence-electron chi connectivity index (χ1n) is 6.02. The van der Waals surface area contributed by atoms with Gasteiger partial charge in [0.25, 0.3) is 0 Å². The van der Waals surface area contributed by atoms with Crippen molar-refractivity contribution >= 4 is 10.9 Å². The van der Waals surface area contributed by atoms with Crippen molar-refractivity contribution in [3.63, 3.8) is 0 Å². The second-order valence-corrected chi connectivity index (χ2v) is 4.56. The SMILES string of the molecule is Cc1ccc(-c2cc3ncccc3cn2)cc1C. The summed E-state index contributed by atoms with van der Waals surface area (Å²) in [5, 5.41) is 1.07. The number of rotatable bonds is 1. The van der Waals surface area contributed by atoms with Gasteiger partial charge in [-0.05, 0) is 49.2 Å². The van der Waals surface area contributed by atoms with Crippen molar-refractivity contribution in [2.24, 2.45) is 0 Å². The molecule has 0 amide bonds. The molecule has 0 spiro atoms. The molecule has 0 radical (unpaired) electrons. The van der Waals surface area contributed by atoms with Gasteiger partial charge in [-0.2, -0.15) is 0 Å². The van der Waals surface area contributed by atoms with Gasteiger partial charge in [-0.15, -0.1) is 0 Å². The summed E-state index contributed by atoms with van der Waals surface area (Å²) in [5.74, 6) is 0. The Labute approximate surface area is 106 Å². The van der Waals surface area contributed by atoms with E-state index in [4.69, 9.17) is 0 Å². The third-order valence-electron chi connectivity index (χ3n) is 3.29. The van der Waals surface area contributed by atoms with Crippen LogP contribution in [0.3, 0.4) is 0 Å². The van der Waals surface area contributed by atoms with Gasteiger partial charge in [-0.1, -0.05) is 12.1 Å². The number of hydrogen-bond acceptors (Lipinski definition) is 2. The van der Waals surface area contributed by atoms with Crippen LogP contribution in [0.5, 0.6) is 0 Å². The van der Waals surface area contributed by atoms with Crippen molar-refractivity contribution < 1.29 is 0 Å². The van der Waals surface area contributed by atoms with Crippen molar-refractivity contribution in [3.05, 3.63) is 59.9 Å². The van der Waals surface area contributed by atoms with E-state index in [1.807, 2.05) is 30.6 Å². The van der Waals surface area contributed by atoms with Crippen LogP contribution in [0.25, 0.3) is 22.2 Å². The Balaban J connectivity index is 2.16. The number of nitrogens with zero attached hydrogens (tertiary/aromatic N) is 2. The second kappa shape index (κ2) is 4.22. The lowest BCUT2D eigenvalue weighted by atomic mass is 10.0. The summed E-state index contributed by atoms with van der Waals surface area (Å²) >= 11 is 0. The summed E-state index contributed by atoms with van der Waals surface area (Å²) in [6, 6.07) is 12.4. The maximum absolute atomic E-state index is 4.51. The third-order valence-corrected chi connectivity index (χ3v) is 3.29. The molecule has 0 aliphatic heterocycles. The Kier molecular flexibility index (Phi) is 2.56. The first-order valence-corrected chi connectivity index (χ1v) is 6.02. The number of aromatic nitrogens is 2. The van der Waals surface area contributed by atoms with Crippen molar-refractivity contribution in [2.75, 3.05) is 0 Å². The number of hydrogen-bond donors (Lipinski definition) is 0. The van der Waals surface area contributed by atoms with E-state index < -0.39 is 0 Å². The molecule has 0 N–H and O–H groups in total. The van der Waals surface area contributed by atoms with Gasteiger partial charge in [0.05, 0.1) is 11.2 Å². The van der Waals surface area contributed by atoms with E-state index in [0.29, 0.717) is 0 Å². The van der Waals surface area contributed by atoms with Gasteiger partial charge in [-0.25, -0.2) is 0 Å². The van der Waals surface area contributed by atoms with Crippen LogP contribution >= 0.6 is 0 Å². The average molecular weight is 234 g/mol. The number of pyridine rings is 2. The molecule has 0 unspecified atom stereocenters. The molecular formula is C16H14N2. The van der Waals surface area contributed by atoms with Crippen LogP contribution in [-0.4, -0.2) is 9.97 Å². The van der Waals surface area contributed by atoms with Gasteiger partial charge in [0.2, 0.25) is 0 Å². The van der Waals surface area contributed by atoms with Gasteiger partial charge in [0.15, 0.2) is 0 Å². The molecule has 0 bridgehead atoms. The van der Waals surface area contributed by atoms with E-state index >= 15 is 0 Å². The van der Waals surface area contributed by atoms with Gasteiger partial charge in [0, 0.05) is 23.3 Å². The predicted molar refractivity (Wildman–Crippen MR) is 74.4 cm³/mol. The Hall–Kier alpha value is -2.22. The normalized spacial score (nSPS) is 10.8. The lowest BCUT2D eigenvalue weighted by molar-refractivity contribution is 1.30. The second-order valence-electron chi connectivity index (χ2n) is 4.56. The van der Waals surface area contributed by atoms with Crippen LogP contribution in [0, 0.1) is 13.8 Å². The van der Waals surface area contributed by atoms with Gasteiger partial charge < -0.3 is 0 Å². The minimum absolute atomic E-state index is 0.976. The van der Waals surface area contributed by atoms with E-state index in [1.165, 1.54) is 11.1 Å². The molecule has 2 nitrogen and oxygen atoms in total. The minimum atomic E-state index is 0.976. The third kappa shape index (κ3) is 1.86. The first kappa shape index (κ1) is 10.9. The molecule has 3 aromatic rings. The average Bonchev–Trinajstić information content (AvgIpc) is 2.41. The standard InChI is InChI=1S/C16H14N2/c1-11-5-6-13(8-12(11)2)15-9-16-14(10-18-15)4-3-7-17-16/h3-10H,1-2H3. The maximum atomic E-state index is 4.51. The fourth-order valence-corrected chi connectivity index (χ4v) is 2.02. The number of fused-ring (bicyclic) bond motifs is 1. The molecule has 0 atom stereocenters. The van der Waals surface area contributed by atoms with Crippen LogP contribution in [-0.2, 0) is 0 Å². The minimum Gasteiger partial charge on any atom is -0.256 e. The molecule has 88 valence electrons. The van der Waals surface area contributed by atoms with Crippen LogP contribution in [0.4, 0.5) is 0 Å². The van der Waals surface area contributed by atoms with E-state index in [2.05, 4.69) is 42.0 Å². The Morgan fingerprint density at radius 1 is 0.889 bits per heavy atom. The van der Waals surface area contributed by atoms with Gasteiger partial charge >= 0.3 is 0 Å². The Morgan fingerprint density at radius 2 is 1.78 bits per heavy atom. The summed E-state index contributed by atoms with van der Waals surface area (Å²) in [7, 11) is 0. The molecule has 0 fully saturated rings. The number of aryl methyl sites for hydroxylation is 2. The van der Waals surface area contributed by atoms with E-state index in [-0.39, 0.29) is 0 Å². The summed E-state index contributed by atoms with van der Waals surface area (Å²) in [4.78, 5) is 8.88. The highest BCUT2D eigenvalue weighted by Crippen LogP contribution is 2.22. The van der Waals surface area contributed by atoms with Crippen molar-refractivity contribution in [3.8, 4) is 11.3 Å². The molecule has 0 aliphatic rings. The molecule has 2 heteroatoms. The van der Waals surface area contributed by atoms with Crippen molar-refractivity contribution in [1.29, 1.82) is 0 Å². The van der Waals surface area contributed by atoms with Crippen LogP contribution in [0.2, 0.25) is 0 Å². The first-order chi connectivity index (χ1) is 8.74. The topological polar surface area (TPSA) is 25.8 Å². The number of benzene rings is 1. The fraction of sp³-hybridized carbons (Fsp3) is 0.125. The highest BCUT2D eigenvalue weighted by atomic mass is 14.7. The molecule has 3 rings (SSSR count). The lowest BCUT2D eigenvalue weighted by Crippen LogP contribution is -1.88. The maximum Gasteiger partial charge on any atom is 0.0739 e. The smallest absolute Gasteiger partial charge is 0.0739 e. The van der Waals surface area contributed by atoms with Crippen molar-refractivity contribution in [1.82, 2.24) is 9.97 Å². The largest absolute Gasteiger partial charge is 0.256 e. The van der Waals surface area contributed by atoms with Crippen LogP contribution < -0.4 is 0 Å². The summed E-state index contributed by atoms with van der Waals surface area (Å²) < 4.78 is 0. The van der Waals surface area contributed by atoms with Gasteiger partial charge in [-0.3, -0.25) is 9.97 Å². The van der Waals surface area contributed by atoms with Gasteiger partial charge in [0.1, 0.15) is 0 Å². The Morgan fingerprint density at radius 3 is 2.61 bits per heavy atom. The zero-order valence-electron chi connectivity index (χ0n) is 10.5. The molecule has 2 aromatic heterocycles. The zero-order valence-corrected chi connectivity index (χ0v) is 10.5. The molecule has 2 heterocycles. The van der Waals surface area contributed by atoms with Crippen molar-refractivity contribution in [2.45, 2.75) is 13.8 Å². The zero-order chi connectivity index (χ0) is 12.5. The van der Waals surface area contributed by atoms with Crippen LogP contribution in [0.1, 0.15) is 11.1 Å². The molecule has 0 saturated heterocycles. The predicted octanol–water partition coefficient (Wildman–Crippen LogP) is 3.91. The summed E-state index contributed by atoms with van der Waals surface area (Å²) in [6.07, 6.45) is 3.69. The van der Waals surface area contributed by atoms with Crippen LogP contribution in [0.15, 0.2) is 48.8 Å². The highest BCUT2D eigenvalue weighted by molar-refractivity contribution is 5.81. The van der Waals surface area contributed by atoms with E-state index in [1.54, 1.807) is 0 Å². The lowest BCUT2D eigenvalue weighted by Gasteiger charge is -2.05. The fourth-order valence-electron chi connectivity index (χ4n) is 2.02. The quantitative estimate of drug-likeness (QED) is 0.638. The Bertz CT molecular complexity index is 717. The van der Waals surface area contributed by atoms with E-state index in [9.17, 15) is 0 Å². The summed E-state index contributed by atoms with van der Waals surface area (Å²) in [5.41, 5.74) is 5.70.